The number of hydrogen-bond acceptors (Lipinski definition) is 4. The molecule has 2 amide bonds. The van der Waals surface area contributed by atoms with E-state index in [0.29, 0.717) is 6.54 Å². The molecule has 0 saturated carbocycles. The van der Waals surface area contributed by atoms with Crippen molar-refractivity contribution < 1.29 is 22.8 Å². The number of nitrogens with zero attached hydrogens (tertiary/aromatic N) is 3. The molecule has 1 atom stereocenters. The number of nitrogens with one attached hydrogen (secondary N) is 1. The highest BCUT2D eigenvalue weighted by molar-refractivity contribution is 6.00. The van der Waals surface area contributed by atoms with E-state index in [4.69, 9.17) is 0 Å². The van der Waals surface area contributed by atoms with Crippen LogP contribution in [0.4, 0.5) is 18.9 Å². The number of amides is 2. The lowest BCUT2D eigenvalue weighted by Gasteiger charge is -2.32. The lowest BCUT2D eigenvalue weighted by atomic mass is 10.1. The number of carbonyl (C=O) groups is 2. The fourth-order valence-corrected chi connectivity index (χ4v) is 4.42. The van der Waals surface area contributed by atoms with E-state index in [2.05, 4.69) is 34.3 Å². The summed E-state index contributed by atoms with van der Waals surface area (Å²) >= 11 is 0. The summed E-state index contributed by atoms with van der Waals surface area (Å²) in [6.45, 7) is 5.41. The van der Waals surface area contributed by atoms with Crippen LogP contribution in [0.2, 0.25) is 0 Å². The molecule has 2 fully saturated rings. The molecule has 0 spiro atoms. The summed E-state index contributed by atoms with van der Waals surface area (Å²) in [5.74, 6) is -1.23. The minimum atomic E-state index is -4.49. The monoisotopic (exact) mass is 474 g/mol. The first-order valence-corrected chi connectivity index (χ1v) is 11.4. The second-order valence-corrected chi connectivity index (χ2v) is 9.07. The Hall–Kier alpha value is -2.91. The molecular formula is C25H29F3N4O2. The first-order valence-electron chi connectivity index (χ1n) is 11.4. The average Bonchev–Trinajstić information content (AvgIpc) is 3.20. The summed E-state index contributed by atoms with van der Waals surface area (Å²) in [5.41, 5.74) is 1.50. The Balaban J connectivity index is 1.32. The molecule has 2 aromatic rings. The quantitative estimate of drug-likeness (QED) is 0.699. The largest absolute Gasteiger partial charge is 0.416 e. The molecular weight excluding hydrogens is 445 g/mol. The van der Waals surface area contributed by atoms with Crippen LogP contribution in [0.3, 0.4) is 0 Å². The average molecular weight is 475 g/mol. The van der Waals surface area contributed by atoms with E-state index < -0.39 is 17.7 Å². The van der Waals surface area contributed by atoms with Crippen molar-refractivity contribution in [1.29, 1.82) is 0 Å². The molecule has 2 aliphatic rings. The summed E-state index contributed by atoms with van der Waals surface area (Å²) < 4.78 is 39.1. The summed E-state index contributed by atoms with van der Waals surface area (Å²) in [6, 6.07) is 12.7. The summed E-state index contributed by atoms with van der Waals surface area (Å²) in [6.07, 6.45) is -4.51. The number of halogens is 3. The van der Waals surface area contributed by atoms with E-state index in [1.54, 1.807) is 0 Å². The molecule has 2 saturated heterocycles. The van der Waals surface area contributed by atoms with E-state index in [1.165, 1.54) is 22.6 Å². The minimum Gasteiger partial charge on any atom is -0.352 e. The van der Waals surface area contributed by atoms with E-state index >= 15 is 0 Å². The third-order valence-corrected chi connectivity index (χ3v) is 6.44. The number of anilines is 1. The highest BCUT2D eigenvalue weighted by atomic mass is 19.4. The number of carbonyl (C=O) groups excluding carboxylic acids is 2. The van der Waals surface area contributed by atoms with Crippen molar-refractivity contribution in [3.05, 3.63) is 65.2 Å². The van der Waals surface area contributed by atoms with Crippen LogP contribution in [0.15, 0.2) is 48.5 Å². The highest BCUT2D eigenvalue weighted by Gasteiger charge is 2.36. The normalized spacial score (nSPS) is 20.1. The second-order valence-electron chi connectivity index (χ2n) is 9.07. The molecule has 182 valence electrons. The second kappa shape index (κ2) is 10.1. The van der Waals surface area contributed by atoms with Crippen LogP contribution in [0.5, 0.6) is 0 Å². The van der Waals surface area contributed by atoms with Gasteiger partial charge in [-0.2, -0.15) is 13.2 Å². The maximum absolute atomic E-state index is 13.0. The van der Waals surface area contributed by atoms with Crippen molar-refractivity contribution in [2.75, 3.05) is 44.7 Å². The van der Waals surface area contributed by atoms with Gasteiger partial charge in [-0.1, -0.05) is 30.3 Å². The Kier molecular flexibility index (Phi) is 7.23. The van der Waals surface area contributed by atoms with Gasteiger partial charge in [0, 0.05) is 57.9 Å². The number of piperazine rings is 1. The van der Waals surface area contributed by atoms with Gasteiger partial charge in [0.2, 0.25) is 11.8 Å². The first kappa shape index (κ1) is 24.2. The van der Waals surface area contributed by atoms with Crippen molar-refractivity contribution in [3.63, 3.8) is 0 Å². The van der Waals surface area contributed by atoms with Gasteiger partial charge in [-0.3, -0.25) is 14.5 Å². The van der Waals surface area contributed by atoms with Crippen molar-refractivity contribution in [2.45, 2.75) is 25.7 Å². The van der Waals surface area contributed by atoms with Crippen LogP contribution in [0.25, 0.3) is 0 Å². The van der Waals surface area contributed by atoms with Crippen LogP contribution in [0.1, 0.15) is 23.1 Å². The molecule has 2 aromatic carbocycles. The van der Waals surface area contributed by atoms with Crippen LogP contribution < -0.4 is 10.2 Å². The lowest BCUT2D eigenvalue weighted by Crippen LogP contribution is -2.43. The van der Waals surface area contributed by atoms with Gasteiger partial charge in [0.15, 0.2) is 0 Å². The van der Waals surface area contributed by atoms with E-state index in [9.17, 15) is 22.8 Å². The molecule has 2 heterocycles. The van der Waals surface area contributed by atoms with Gasteiger partial charge in [0.25, 0.3) is 0 Å². The number of alkyl halides is 3. The Labute approximate surface area is 197 Å². The molecule has 0 bridgehead atoms. The van der Waals surface area contributed by atoms with Crippen LogP contribution in [-0.2, 0) is 28.9 Å². The van der Waals surface area contributed by atoms with E-state index in [0.717, 1.165) is 50.4 Å². The topological polar surface area (TPSA) is 55.9 Å². The van der Waals surface area contributed by atoms with Crippen molar-refractivity contribution in [2.24, 2.45) is 5.92 Å². The summed E-state index contributed by atoms with van der Waals surface area (Å²) in [4.78, 5) is 31.1. The number of hydrogen-bond donors (Lipinski definition) is 1. The maximum Gasteiger partial charge on any atom is 0.416 e. The van der Waals surface area contributed by atoms with Gasteiger partial charge in [-0.15, -0.1) is 0 Å². The molecule has 4 rings (SSSR count). The minimum absolute atomic E-state index is 0.0223. The number of benzene rings is 2. The Morgan fingerprint density at radius 3 is 2.47 bits per heavy atom. The smallest absolute Gasteiger partial charge is 0.352 e. The van der Waals surface area contributed by atoms with Gasteiger partial charge in [-0.25, -0.2) is 0 Å². The predicted octanol–water partition coefficient (Wildman–Crippen LogP) is 3.12. The van der Waals surface area contributed by atoms with Crippen LogP contribution >= 0.6 is 0 Å². The van der Waals surface area contributed by atoms with Crippen LogP contribution in [-0.4, -0.2) is 61.4 Å². The van der Waals surface area contributed by atoms with Gasteiger partial charge in [0.1, 0.15) is 0 Å². The Morgan fingerprint density at radius 1 is 1.03 bits per heavy atom. The number of likely N-dealkylation sites (N-methyl/N-ethyl adjacent to an activating group) is 1. The zero-order valence-electron chi connectivity index (χ0n) is 19.1. The molecule has 1 unspecified atom stereocenters. The highest BCUT2D eigenvalue weighted by Crippen LogP contribution is 2.33. The van der Waals surface area contributed by atoms with E-state index in [-0.39, 0.29) is 30.5 Å². The third-order valence-electron chi connectivity index (χ3n) is 6.44. The fourth-order valence-electron chi connectivity index (χ4n) is 4.42. The molecule has 34 heavy (non-hydrogen) atoms. The maximum atomic E-state index is 13.0. The predicted molar refractivity (Wildman–Crippen MR) is 123 cm³/mol. The molecule has 0 aromatic heterocycles. The SMILES string of the molecule is CN1CCN(Cc2cccc(CNC(=O)C3CC(=O)N(c4cccc(C(F)(F)F)c4)C3)c2)CC1. The fraction of sp³-hybridized carbons (Fsp3) is 0.440. The van der Waals surface area contributed by atoms with Gasteiger partial charge in [-0.05, 0) is 36.4 Å². The lowest BCUT2D eigenvalue weighted by molar-refractivity contribution is -0.137. The van der Waals surface area contributed by atoms with E-state index in [1.807, 2.05) is 12.1 Å². The van der Waals surface area contributed by atoms with Gasteiger partial charge in [0.05, 0.1) is 11.5 Å². The van der Waals surface area contributed by atoms with Gasteiger partial charge < -0.3 is 15.1 Å². The Morgan fingerprint density at radius 2 is 1.74 bits per heavy atom. The van der Waals surface area contributed by atoms with Crippen molar-refractivity contribution in [1.82, 2.24) is 15.1 Å². The molecule has 0 aliphatic carbocycles. The van der Waals surface area contributed by atoms with Crippen molar-refractivity contribution >= 4 is 17.5 Å². The summed E-state index contributed by atoms with van der Waals surface area (Å²) in [5, 5.41) is 2.89. The summed E-state index contributed by atoms with van der Waals surface area (Å²) in [7, 11) is 2.12. The zero-order valence-corrected chi connectivity index (χ0v) is 19.1. The molecule has 1 N–H and O–H groups in total. The Bertz CT molecular complexity index is 1030. The molecule has 6 nitrogen and oxygen atoms in total. The molecule has 2 aliphatic heterocycles. The third kappa shape index (κ3) is 5.95. The van der Waals surface area contributed by atoms with Gasteiger partial charge >= 0.3 is 6.18 Å². The standard InChI is InChI=1S/C25H29F3N4O2/c1-30-8-10-31(11-9-30)16-19-5-2-4-18(12-19)15-29-24(34)20-13-23(33)32(17-20)22-7-3-6-21(14-22)25(26,27)28/h2-7,12,14,20H,8-11,13,15-17H2,1H3,(H,29,34). The van der Waals surface area contributed by atoms with Crippen molar-refractivity contribution in [3.8, 4) is 0 Å². The first-order chi connectivity index (χ1) is 16.2. The molecule has 0 radical (unpaired) electrons. The molecule has 9 heteroatoms. The van der Waals surface area contributed by atoms with Crippen LogP contribution in [0, 0.1) is 5.92 Å². The zero-order chi connectivity index (χ0) is 24.3. The number of rotatable bonds is 6.